The average molecular weight is 300 g/mol. The maximum absolute atomic E-state index is 12.4. The van der Waals surface area contributed by atoms with Gasteiger partial charge in [-0.05, 0) is 74.1 Å². The zero-order valence-corrected chi connectivity index (χ0v) is 13.1. The normalized spacial score (nSPS) is 39.1. The molecule has 21 heavy (non-hydrogen) atoms. The molecule has 3 aliphatic rings. The first-order valence-corrected chi connectivity index (χ1v) is 8.84. The Bertz CT molecular complexity index is 305. The molecule has 0 spiro atoms. The molecule has 0 aromatic heterocycles. The van der Waals surface area contributed by atoms with Gasteiger partial charge < -0.3 is 0 Å². The number of hydrogen-bond donors (Lipinski definition) is 0. The molecule has 0 N–H and O–H groups in total. The fraction of sp³-hybridized carbons (Fsp3) is 1.00. The van der Waals surface area contributed by atoms with Crippen molar-refractivity contribution in [2.24, 2.45) is 17.8 Å². The van der Waals surface area contributed by atoms with Crippen LogP contribution in [0, 0.1) is 17.8 Å². The molecule has 0 saturated heterocycles. The lowest BCUT2D eigenvalue weighted by Crippen LogP contribution is -2.38. The topological polar surface area (TPSA) is 27.7 Å². The van der Waals surface area contributed by atoms with Gasteiger partial charge in [0.15, 0.2) is 0 Å². The second-order valence-electron chi connectivity index (χ2n) is 7.54. The van der Waals surface area contributed by atoms with Crippen LogP contribution in [0.25, 0.3) is 0 Å². The molecule has 0 aliphatic heterocycles. The SMILES string of the molecule is CC(OOC1CC2CC(CC(OF)C2)C1)C1CCCCC1. The summed E-state index contributed by atoms with van der Waals surface area (Å²) in [6.45, 7) is 2.15. The van der Waals surface area contributed by atoms with E-state index in [0.29, 0.717) is 17.8 Å². The van der Waals surface area contributed by atoms with Gasteiger partial charge in [-0.3, -0.25) is 0 Å². The van der Waals surface area contributed by atoms with Crippen LogP contribution in [-0.4, -0.2) is 18.3 Å². The fourth-order valence-electron chi connectivity index (χ4n) is 4.73. The molecule has 0 amide bonds. The highest BCUT2D eigenvalue weighted by molar-refractivity contribution is 4.87. The summed E-state index contributed by atoms with van der Waals surface area (Å²) in [5.74, 6) is 1.74. The number of rotatable bonds is 5. The molecule has 3 unspecified atom stereocenters. The van der Waals surface area contributed by atoms with Crippen LogP contribution in [-0.2, 0) is 14.7 Å². The average Bonchev–Trinajstić information content (AvgIpc) is 2.52. The van der Waals surface area contributed by atoms with Crippen LogP contribution in [0.3, 0.4) is 0 Å². The van der Waals surface area contributed by atoms with Crippen molar-refractivity contribution < 1.29 is 19.2 Å². The summed E-state index contributed by atoms with van der Waals surface area (Å²) in [5.41, 5.74) is 0. The zero-order valence-electron chi connectivity index (χ0n) is 13.1. The predicted molar refractivity (Wildman–Crippen MR) is 78.0 cm³/mol. The van der Waals surface area contributed by atoms with Crippen LogP contribution < -0.4 is 0 Å². The highest BCUT2D eigenvalue weighted by atomic mass is 19.3. The molecule has 3 saturated carbocycles. The van der Waals surface area contributed by atoms with E-state index in [4.69, 9.17) is 9.78 Å². The molecule has 3 fully saturated rings. The summed E-state index contributed by atoms with van der Waals surface area (Å²) in [7, 11) is 0. The Morgan fingerprint density at radius 2 is 1.48 bits per heavy atom. The van der Waals surface area contributed by atoms with Crippen molar-refractivity contribution >= 4 is 0 Å². The van der Waals surface area contributed by atoms with Gasteiger partial charge in [-0.15, -0.1) is 0 Å². The second kappa shape index (κ2) is 7.38. The van der Waals surface area contributed by atoms with Crippen molar-refractivity contribution in [3.05, 3.63) is 0 Å². The van der Waals surface area contributed by atoms with Crippen LogP contribution in [0.1, 0.15) is 71.1 Å². The monoisotopic (exact) mass is 300 g/mol. The molecular formula is C17H29FO3. The molecular weight excluding hydrogens is 271 g/mol. The van der Waals surface area contributed by atoms with Gasteiger partial charge in [0.1, 0.15) is 0 Å². The number of hydrogen-bond acceptors (Lipinski definition) is 3. The Balaban J connectivity index is 1.42. The largest absolute Gasteiger partial charge is 0.233 e. The van der Waals surface area contributed by atoms with Gasteiger partial charge in [0.25, 0.3) is 0 Å². The maximum atomic E-state index is 12.4. The molecule has 0 heterocycles. The van der Waals surface area contributed by atoms with Crippen molar-refractivity contribution in [1.29, 1.82) is 0 Å². The number of fused-ring (bicyclic) bond motifs is 2. The summed E-state index contributed by atoms with van der Waals surface area (Å²) in [6, 6.07) is 0. The van der Waals surface area contributed by atoms with Gasteiger partial charge in [-0.1, -0.05) is 19.3 Å². The van der Waals surface area contributed by atoms with E-state index in [1.54, 1.807) is 0 Å². The van der Waals surface area contributed by atoms with E-state index >= 15 is 0 Å². The third-order valence-corrected chi connectivity index (χ3v) is 5.83. The van der Waals surface area contributed by atoms with Gasteiger partial charge >= 0.3 is 0 Å². The lowest BCUT2D eigenvalue weighted by Gasteiger charge is -2.40. The molecule has 4 heteroatoms. The van der Waals surface area contributed by atoms with Crippen molar-refractivity contribution in [3.8, 4) is 0 Å². The van der Waals surface area contributed by atoms with Crippen LogP contribution in [0.4, 0.5) is 4.53 Å². The lowest BCUT2D eigenvalue weighted by molar-refractivity contribution is -0.365. The minimum Gasteiger partial charge on any atom is -0.233 e. The zero-order chi connectivity index (χ0) is 14.7. The highest BCUT2D eigenvalue weighted by Gasteiger charge is 2.38. The third kappa shape index (κ3) is 4.17. The van der Waals surface area contributed by atoms with E-state index in [1.165, 1.54) is 38.5 Å². The molecule has 122 valence electrons. The van der Waals surface area contributed by atoms with Gasteiger partial charge in [0.05, 0.1) is 18.3 Å². The lowest BCUT2D eigenvalue weighted by atomic mass is 9.70. The Kier molecular flexibility index (Phi) is 5.52. The first-order valence-electron chi connectivity index (χ1n) is 8.84. The summed E-state index contributed by atoms with van der Waals surface area (Å²) >= 11 is 0. The predicted octanol–water partition coefficient (Wildman–Crippen LogP) is 4.75. The second-order valence-corrected chi connectivity index (χ2v) is 7.54. The van der Waals surface area contributed by atoms with E-state index in [2.05, 4.69) is 11.9 Å². The molecule has 3 rings (SSSR count). The van der Waals surface area contributed by atoms with Crippen LogP contribution in [0.15, 0.2) is 0 Å². The Labute approximate surface area is 127 Å². The summed E-state index contributed by atoms with van der Waals surface area (Å²) < 4.78 is 12.4. The highest BCUT2D eigenvalue weighted by Crippen LogP contribution is 2.42. The van der Waals surface area contributed by atoms with Gasteiger partial charge in [0.2, 0.25) is 0 Å². The molecule has 0 aromatic rings. The van der Waals surface area contributed by atoms with E-state index in [-0.39, 0.29) is 18.3 Å². The standard InChI is InChI=1S/C17H29FO3/c1-12(15-5-3-2-4-6-15)20-21-17-10-13-7-14(11-17)9-16(8-13)19-18/h12-17H,2-11H2,1H3. The first-order chi connectivity index (χ1) is 10.2. The summed E-state index contributed by atoms with van der Waals surface area (Å²) in [4.78, 5) is 15.6. The van der Waals surface area contributed by atoms with Crippen LogP contribution in [0.5, 0.6) is 0 Å². The fourth-order valence-corrected chi connectivity index (χ4v) is 4.73. The minimum atomic E-state index is -0.184. The number of halogens is 1. The third-order valence-electron chi connectivity index (χ3n) is 5.83. The Hall–Kier alpha value is -0.190. The molecule has 0 radical (unpaired) electrons. The maximum Gasteiger partial charge on any atom is 0.0989 e. The van der Waals surface area contributed by atoms with E-state index in [9.17, 15) is 4.53 Å². The summed E-state index contributed by atoms with van der Waals surface area (Å²) in [6.07, 6.45) is 11.7. The van der Waals surface area contributed by atoms with Crippen molar-refractivity contribution in [2.75, 3.05) is 0 Å². The van der Waals surface area contributed by atoms with Crippen molar-refractivity contribution in [2.45, 2.75) is 89.4 Å². The quantitative estimate of drug-likeness (QED) is 0.541. The first kappa shape index (κ1) is 15.7. The smallest absolute Gasteiger partial charge is 0.0989 e. The Morgan fingerprint density at radius 3 is 2.10 bits per heavy atom. The van der Waals surface area contributed by atoms with E-state index in [0.717, 1.165) is 25.7 Å². The molecule has 0 aromatic carbocycles. The van der Waals surface area contributed by atoms with Crippen molar-refractivity contribution in [3.63, 3.8) is 0 Å². The van der Waals surface area contributed by atoms with Crippen LogP contribution >= 0.6 is 0 Å². The molecule has 3 aliphatic carbocycles. The summed E-state index contributed by atoms with van der Waals surface area (Å²) in [5, 5.41) is 0. The van der Waals surface area contributed by atoms with Gasteiger partial charge in [-0.25, -0.2) is 9.78 Å². The molecule has 3 atom stereocenters. The van der Waals surface area contributed by atoms with E-state index < -0.39 is 0 Å². The van der Waals surface area contributed by atoms with Crippen molar-refractivity contribution in [1.82, 2.24) is 0 Å². The molecule has 2 bridgehead atoms. The van der Waals surface area contributed by atoms with Gasteiger partial charge in [-0.2, -0.15) is 4.94 Å². The molecule has 3 nitrogen and oxygen atoms in total. The minimum absolute atomic E-state index is 0.184. The van der Waals surface area contributed by atoms with E-state index in [1.807, 2.05) is 0 Å². The van der Waals surface area contributed by atoms with Crippen LogP contribution in [0.2, 0.25) is 0 Å². The Morgan fingerprint density at radius 1 is 0.857 bits per heavy atom. The van der Waals surface area contributed by atoms with Gasteiger partial charge in [0, 0.05) is 0 Å².